The Balaban J connectivity index is 1.95. The zero-order valence-corrected chi connectivity index (χ0v) is 14.2. The summed E-state index contributed by atoms with van der Waals surface area (Å²) in [5.41, 5.74) is 4.03. The van der Waals surface area contributed by atoms with Crippen LogP contribution in [0.15, 0.2) is 65.5 Å². The lowest BCUT2D eigenvalue weighted by atomic mass is 10.0. The molecule has 0 amide bonds. The Bertz CT molecular complexity index is 941. The normalized spacial score (nSPS) is 10.5. The molecule has 0 saturated heterocycles. The van der Waals surface area contributed by atoms with Crippen molar-refractivity contribution in [2.24, 2.45) is 0 Å². The standard InChI is InChI=1S/C21H19NO3/c1-3-25-21(24)19-14(2)13-18(22-20(19)23)17-11-9-16(10-12-17)15-7-5-4-6-8-15/h4-13H,3H2,1-2H3,(H,22,23). The van der Waals surface area contributed by atoms with Gasteiger partial charge in [-0.25, -0.2) is 4.79 Å². The van der Waals surface area contributed by atoms with Crippen LogP contribution >= 0.6 is 0 Å². The van der Waals surface area contributed by atoms with Crippen molar-refractivity contribution in [3.8, 4) is 22.4 Å². The van der Waals surface area contributed by atoms with E-state index in [-0.39, 0.29) is 12.2 Å². The van der Waals surface area contributed by atoms with Gasteiger partial charge in [-0.15, -0.1) is 0 Å². The number of aromatic nitrogens is 1. The molecule has 1 aromatic heterocycles. The van der Waals surface area contributed by atoms with E-state index in [9.17, 15) is 9.59 Å². The molecule has 0 spiro atoms. The lowest BCUT2D eigenvalue weighted by molar-refractivity contribution is 0.0523. The van der Waals surface area contributed by atoms with E-state index in [4.69, 9.17) is 4.74 Å². The molecule has 0 aliphatic heterocycles. The van der Waals surface area contributed by atoms with Gasteiger partial charge in [0.05, 0.1) is 6.61 Å². The summed E-state index contributed by atoms with van der Waals surface area (Å²) >= 11 is 0. The molecule has 3 rings (SSSR count). The monoisotopic (exact) mass is 333 g/mol. The third-order valence-electron chi connectivity index (χ3n) is 4.01. The summed E-state index contributed by atoms with van der Waals surface area (Å²) in [6.45, 7) is 3.69. The van der Waals surface area contributed by atoms with E-state index < -0.39 is 11.5 Å². The van der Waals surface area contributed by atoms with Gasteiger partial charge in [0, 0.05) is 5.69 Å². The number of esters is 1. The molecule has 0 bridgehead atoms. The molecule has 1 heterocycles. The maximum Gasteiger partial charge on any atom is 0.344 e. The molecule has 4 heteroatoms. The Morgan fingerprint density at radius 3 is 2.16 bits per heavy atom. The summed E-state index contributed by atoms with van der Waals surface area (Å²) in [7, 11) is 0. The molecule has 126 valence electrons. The fraction of sp³-hybridized carbons (Fsp3) is 0.143. The molecule has 1 N–H and O–H groups in total. The first-order valence-corrected chi connectivity index (χ1v) is 8.17. The van der Waals surface area contributed by atoms with Crippen molar-refractivity contribution in [2.45, 2.75) is 13.8 Å². The molecule has 0 saturated carbocycles. The summed E-state index contributed by atoms with van der Waals surface area (Å²) in [6.07, 6.45) is 0. The molecule has 0 unspecified atom stereocenters. The van der Waals surface area contributed by atoms with Gasteiger partial charge in [0.2, 0.25) is 0 Å². The summed E-state index contributed by atoms with van der Waals surface area (Å²) in [6, 6.07) is 19.8. The highest BCUT2D eigenvalue weighted by molar-refractivity contribution is 5.91. The number of H-pyrrole nitrogens is 1. The molecule has 3 aromatic rings. The van der Waals surface area contributed by atoms with Crippen LogP contribution in [0.4, 0.5) is 0 Å². The predicted octanol–water partition coefficient (Wildman–Crippen LogP) is 4.19. The zero-order valence-electron chi connectivity index (χ0n) is 14.2. The fourth-order valence-corrected chi connectivity index (χ4v) is 2.77. The topological polar surface area (TPSA) is 59.2 Å². The van der Waals surface area contributed by atoms with Crippen molar-refractivity contribution in [3.63, 3.8) is 0 Å². The Morgan fingerprint density at radius 1 is 0.960 bits per heavy atom. The predicted molar refractivity (Wildman–Crippen MR) is 98.6 cm³/mol. The van der Waals surface area contributed by atoms with E-state index >= 15 is 0 Å². The minimum atomic E-state index is -0.591. The highest BCUT2D eigenvalue weighted by atomic mass is 16.5. The number of benzene rings is 2. The minimum absolute atomic E-state index is 0.0616. The van der Waals surface area contributed by atoms with E-state index in [2.05, 4.69) is 17.1 Å². The van der Waals surface area contributed by atoms with Gasteiger partial charge in [0.25, 0.3) is 5.56 Å². The minimum Gasteiger partial charge on any atom is -0.462 e. The average Bonchev–Trinajstić information content (AvgIpc) is 2.62. The maximum absolute atomic E-state index is 12.3. The molecule has 25 heavy (non-hydrogen) atoms. The Kier molecular flexibility index (Phi) is 4.80. The molecular weight excluding hydrogens is 314 g/mol. The average molecular weight is 333 g/mol. The van der Waals surface area contributed by atoms with Crippen molar-refractivity contribution >= 4 is 5.97 Å². The maximum atomic E-state index is 12.3. The summed E-state index contributed by atoms with van der Waals surface area (Å²) in [5, 5.41) is 0. The lowest BCUT2D eigenvalue weighted by Crippen LogP contribution is -2.22. The second-order valence-corrected chi connectivity index (χ2v) is 5.73. The van der Waals surface area contributed by atoms with Crippen LogP contribution in [0.2, 0.25) is 0 Å². The number of nitrogens with one attached hydrogen (secondary N) is 1. The first-order valence-electron chi connectivity index (χ1n) is 8.17. The molecule has 0 aliphatic carbocycles. The highest BCUT2D eigenvalue weighted by Gasteiger charge is 2.16. The number of hydrogen-bond donors (Lipinski definition) is 1. The Labute approximate surface area is 146 Å². The van der Waals surface area contributed by atoms with Crippen LogP contribution in [0, 0.1) is 6.92 Å². The van der Waals surface area contributed by atoms with Crippen LogP contribution in [0.5, 0.6) is 0 Å². The molecule has 0 radical (unpaired) electrons. The fourth-order valence-electron chi connectivity index (χ4n) is 2.77. The quantitative estimate of drug-likeness (QED) is 0.728. The van der Waals surface area contributed by atoms with Crippen molar-refractivity contribution in [1.82, 2.24) is 4.98 Å². The van der Waals surface area contributed by atoms with Crippen LogP contribution in [0.25, 0.3) is 22.4 Å². The van der Waals surface area contributed by atoms with E-state index in [1.54, 1.807) is 19.9 Å². The molecule has 0 aliphatic rings. The largest absolute Gasteiger partial charge is 0.462 e. The van der Waals surface area contributed by atoms with Crippen LogP contribution in [-0.4, -0.2) is 17.6 Å². The van der Waals surface area contributed by atoms with E-state index in [0.717, 1.165) is 16.7 Å². The second-order valence-electron chi connectivity index (χ2n) is 5.73. The molecule has 0 atom stereocenters. The third kappa shape index (κ3) is 3.53. The number of carbonyl (C=O) groups excluding carboxylic acids is 1. The van der Waals surface area contributed by atoms with Crippen LogP contribution in [0.3, 0.4) is 0 Å². The van der Waals surface area contributed by atoms with Gasteiger partial charge in [-0.2, -0.15) is 0 Å². The smallest absolute Gasteiger partial charge is 0.344 e. The number of aryl methyl sites for hydroxylation is 1. The summed E-state index contributed by atoms with van der Waals surface area (Å²) in [5.74, 6) is -0.591. The van der Waals surface area contributed by atoms with E-state index in [1.807, 2.05) is 42.5 Å². The zero-order chi connectivity index (χ0) is 17.8. The summed E-state index contributed by atoms with van der Waals surface area (Å²) < 4.78 is 4.94. The van der Waals surface area contributed by atoms with E-state index in [0.29, 0.717) is 11.3 Å². The first kappa shape index (κ1) is 16.7. The van der Waals surface area contributed by atoms with Gasteiger partial charge >= 0.3 is 5.97 Å². The molecule has 0 fully saturated rings. The number of hydrogen-bond acceptors (Lipinski definition) is 3. The van der Waals surface area contributed by atoms with Gasteiger partial charge in [0.1, 0.15) is 5.56 Å². The van der Waals surface area contributed by atoms with Crippen LogP contribution in [-0.2, 0) is 4.74 Å². The van der Waals surface area contributed by atoms with Gasteiger partial charge in [0.15, 0.2) is 0 Å². The summed E-state index contributed by atoms with van der Waals surface area (Å²) in [4.78, 5) is 27.0. The van der Waals surface area contributed by atoms with Gasteiger partial charge in [-0.1, -0.05) is 54.6 Å². The second kappa shape index (κ2) is 7.18. The van der Waals surface area contributed by atoms with Crippen LogP contribution in [0.1, 0.15) is 22.8 Å². The number of aromatic amines is 1. The number of pyridine rings is 1. The van der Waals surface area contributed by atoms with Crippen molar-refractivity contribution in [1.29, 1.82) is 0 Å². The van der Waals surface area contributed by atoms with Crippen molar-refractivity contribution in [2.75, 3.05) is 6.61 Å². The highest BCUT2D eigenvalue weighted by Crippen LogP contribution is 2.24. The van der Waals surface area contributed by atoms with Crippen molar-refractivity contribution < 1.29 is 9.53 Å². The van der Waals surface area contributed by atoms with Gasteiger partial charge in [-0.05, 0) is 42.2 Å². The van der Waals surface area contributed by atoms with E-state index in [1.165, 1.54) is 0 Å². The molecule has 4 nitrogen and oxygen atoms in total. The Hall–Kier alpha value is -3.14. The SMILES string of the molecule is CCOC(=O)c1c(C)cc(-c2ccc(-c3ccccc3)cc2)[nH]c1=O. The van der Waals surface area contributed by atoms with Crippen LogP contribution < -0.4 is 5.56 Å². The van der Waals surface area contributed by atoms with Crippen molar-refractivity contribution in [3.05, 3.63) is 82.1 Å². The van der Waals surface area contributed by atoms with Gasteiger partial charge < -0.3 is 9.72 Å². The third-order valence-corrected chi connectivity index (χ3v) is 4.01. The number of rotatable bonds is 4. The van der Waals surface area contributed by atoms with Gasteiger partial charge in [-0.3, -0.25) is 4.79 Å². The Morgan fingerprint density at radius 2 is 1.56 bits per heavy atom. The number of ether oxygens (including phenoxy) is 1. The lowest BCUT2D eigenvalue weighted by Gasteiger charge is -2.09. The molecule has 2 aromatic carbocycles. The number of carbonyl (C=O) groups is 1. The molecular formula is C21H19NO3. The first-order chi connectivity index (χ1) is 12.1.